The lowest BCUT2D eigenvalue weighted by molar-refractivity contribution is -0.134. The van der Waals surface area contributed by atoms with Crippen molar-refractivity contribution in [2.45, 2.75) is 45.4 Å². The predicted octanol–water partition coefficient (Wildman–Crippen LogP) is 5.75. The van der Waals surface area contributed by atoms with Crippen LogP contribution < -0.4 is 20.9 Å². The van der Waals surface area contributed by atoms with Crippen molar-refractivity contribution >= 4 is 41.3 Å². The fourth-order valence-corrected chi connectivity index (χ4v) is 3.80. The third-order valence-corrected chi connectivity index (χ3v) is 6.03. The van der Waals surface area contributed by atoms with E-state index < -0.39 is 17.9 Å². The molecule has 3 rings (SSSR count). The lowest BCUT2D eigenvalue weighted by Gasteiger charge is -2.07. The lowest BCUT2D eigenvalue weighted by Crippen LogP contribution is -2.09. The molecule has 3 aromatic rings. The number of carbonyl (C=O) groups excluding carboxylic acids is 4. The van der Waals surface area contributed by atoms with Gasteiger partial charge in [-0.1, -0.05) is 25.5 Å². The van der Waals surface area contributed by atoms with Crippen LogP contribution in [-0.4, -0.2) is 37.1 Å². The van der Waals surface area contributed by atoms with Crippen molar-refractivity contribution in [1.82, 2.24) is 0 Å². The van der Waals surface area contributed by atoms with Crippen LogP contribution in [0.15, 0.2) is 72.8 Å². The average Bonchev–Trinajstić information content (AvgIpc) is 2.99. The van der Waals surface area contributed by atoms with Gasteiger partial charge in [-0.25, -0.2) is 14.4 Å². The van der Waals surface area contributed by atoms with Gasteiger partial charge in [0.15, 0.2) is 0 Å². The maximum atomic E-state index is 12.3. The highest BCUT2D eigenvalue weighted by atomic mass is 16.5. The molecule has 0 atom stereocenters. The number of benzene rings is 3. The normalized spacial score (nSPS) is 10.7. The molecule has 0 aliphatic rings. The van der Waals surface area contributed by atoms with Gasteiger partial charge in [-0.2, -0.15) is 0 Å². The summed E-state index contributed by atoms with van der Waals surface area (Å²) < 4.78 is 21.0. The first-order valence-corrected chi connectivity index (χ1v) is 14.0. The van der Waals surface area contributed by atoms with E-state index in [9.17, 15) is 19.2 Å². The van der Waals surface area contributed by atoms with E-state index in [-0.39, 0.29) is 19.2 Å². The SMILES string of the molecule is CCCCC(=O)Oc1ccc(OC(=O)C=Cc2ccc(C(=O)OCCCCCOC(=O)c3cc(N)cc(N)c3)cc2)cc1. The van der Waals surface area contributed by atoms with Crippen LogP contribution in [0.1, 0.15) is 71.7 Å². The molecule has 43 heavy (non-hydrogen) atoms. The van der Waals surface area contributed by atoms with E-state index in [0.717, 1.165) is 12.8 Å². The molecule has 10 heteroatoms. The summed E-state index contributed by atoms with van der Waals surface area (Å²) in [6, 6.07) is 17.4. The Morgan fingerprint density at radius 2 is 1.23 bits per heavy atom. The van der Waals surface area contributed by atoms with Crippen molar-refractivity contribution in [3.63, 3.8) is 0 Å². The van der Waals surface area contributed by atoms with Crippen molar-refractivity contribution < 1.29 is 38.1 Å². The zero-order chi connectivity index (χ0) is 31.0. The van der Waals surface area contributed by atoms with Crippen molar-refractivity contribution in [2.24, 2.45) is 0 Å². The first kappa shape index (κ1) is 32.4. The molecule has 0 aliphatic carbocycles. The molecule has 0 saturated heterocycles. The molecule has 0 amide bonds. The zero-order valence-electron chi connectivity index (χ0n) is 24.1. The molecule has 0 heterocycles. The predicted molar refractivity (Wildman–Crippen MR) is 162 cm³/mol. The quantitative estimate of drug-likeness (QED) is 0.0736. The Kier molecular flexibility index (Phi) is 12.8. The smallest absolute Gasteiger partial charge is 0.338 e. The summed E-state index contributed by atoms with van der Waals surface area (Å²) in [5.74, 6) is -1.14. The van der Waals surface area contributed by atoms with Gasteiger partial charge >= 0.3 is 23.9 Å². The molecule has 226 valence electrons. The molecule has 0 radical (unpaired) electrons. The topological polar surface area (TPSA) is 157 Å². The van der Waals surface area contributed by atoms with Crippen LogP contribution in [0.3, 0.4) is 0 Å². The van der Waals surface area contributed by atoms with Crippen molar-refractivity contribution in [1.29, 1.82) is 0 Å². The molecular formula is C33H36N2O8. The van der Waals surface area contributed by atoms with Crippen molar-refractivity contribution in [2.75, 3.05) is 24.7 Å². The third-order valence-electron chi connectivity index (χ3n) is 6.03. The number of ether oxygens (including phenoxy) is 4. The second-order valence-corrected chi connectivity index (χ2v) is 9.65. The van der Waals surface area contributed by atoms with Crippen LogP contribution in [0.25, 0.3) is 6.08 Å². The van der Waals surface area contributed by atoms with Gasteiger partial charge in [0, 0.05) is 23.9 Å². The summed E-state index contributed by atoms with van der Waals surface area (Å²) in [7, 11) is 0. The van der Waals surface area contributed by atoms with Crippen LogP contribution in [-0.2, 0) is 19.1 Å². The summed E-state index contributed by atoms with van der Waals surface area (Å²) in [5, 5.41) is 0. The maximum absolute atomic E-state index is 12.3. The second-order valence-electron chi connectivity index (χ2n) is 9.65. The van der Waals surface area contributed by atoms with Gasteiger partial charge in [0.2, 0.25) is 0 Å². The maximum Gasteiger partial charge on any atom is 0.338 e. The summed E-state index contributed by atoms with van der Waals surface area (Å²) in [6.45, 7) is 2.46. The lowest BCUT2D eigenvalue weighted by atomic mass is 10.1. The molecule has 3 aromatic carbocycles. The summed E-state index contributed by atoms with van der Waals surface area (Å²) >= 11 is 0. The monoisotopic (exact) mass is 588 g/mol. The number of anilines is 2. The Hall–Kier alpha value is -5.12. The molecule has 0 spiro atoms. The number of rotatable bonds is 15. The van der Waals surface area contributed by atoms with Gasteiger partial charge in [-0.3, -0.25) is 4.79 Å². The van der Waals surface area contributed by atoms with E-state index in [1.807, 2.05) is 6.92 Å². The van der Waals surface area contributed by atoms with Crippen LogP contribution >= 0.6 is 0 Å². The van der Waals surface area contributed by atoms with E-state index >= 15 is 0 Å². The minimum absolute atomic E-state index is 0.229. The first-order valence-electron chi connectivity index (χ1n) is 14.0. The zero-order valence-corrected chi connectivity index (χ0v) is 24.1. The average molecular weight is 589 g/mol. The number of unbranched alkanes of at least 4 members (excludes halogenated alkanes) is 3. The number of hydrogen-bond acceptors (Lipinski definition) is 10. The molecule has 0 bridgehead atoms. The van der Waals surface area contributed by atoms with Gasteiger partial charge in [-0.05, 0) is 91.9 Å². The number of esters is 4. The van der Waals surface area contributed by atoms with Crippen LogP contribution in [0.5, 0.6) is 11.5 Å². The molecule has 0 aliphatic heterocycles. The number of nitrogen functional groups attached to an aromatic ring is 2. The molecule has 4 N–H and O–H groups in total. The van der Waals surface area contributed by atoms with E-state index in [1.165, 1.54) is 18.2 Å². The minimum atomic E-state index is -0.583. The van der Waals surface area contributed by atoms with Gasteiger partial charge in [0.25, 0.3) is 0 Å². The molecule has 10 nitrogen and oxygen atoms in total. The fourth-order valence-electron chi connectivity index (χ4n) is 3.80. The molecule has 0 aromatic heterocycles. The highest BCUT2D eigenvalue weighted by Crippen LogP contribution is 2.19. The Balaban J connectivity index is 1.32. The summed E-state index contributed by atoms with van der Waals surface area (Å²) in [5.41, 5.74) is 13.5. The summed E-state index contributed by atoms with van der Waals surface area (Å²) in [4.78, 5) is 48.3. The van der Waals surface area contributed by atoms with Gasteiger partial charge in [0.1, 0.15) is 11.5 Å². The second kappa shape index (κ2) is 17.0. The third kappa shape index (κ3) is 11.7. The molecule has 0 unspecified atom stereocenters. The van der Waals surface area contributed by atoms with Crippen molar-refractivity contribution in [3.8, 4) is 11.5 Å². The fraction of sp³-hybridized carbons (Fsp3) is 0.273. The Labute approximate surface area is 250 Å². The van der Waals surface area contributed by atoms with Gasteiger partial charge < -0.3 is 30.4 Å². The molecular weight excluding hydrogens is 552 g/mol. The standard InChI is InChI=1S/C33H36N2O8/c1-2-3-7-30(36)42-28-13-15-29(16-14-28)43-31(37)17-10-23-8-11-24(12-9-23)32(38)40-18-5-4-6-19-41-33(39)25-20-26(34)22-27(35)21-25/h8-17,20-22H,2-7,18-19,34-35H2,1H3. The molecule has 0 saturated carbocycles. The largest absolute Gasteiger partial charge is 0.462 e. The van der Waals surface area contributed by atoms with Gasteiger partial charge in [-0.15, -0.1) is 0 Å². The van der Waals surface area contributed by atoms with Gasteiger partial charge in [0.05, 0.1) is 24.3 Å². The van der Waals surface area contributed by atoms with Crippen LogP contribution in [0.2, 0.25) is 0 Å². The Morgan fingerprint density at radius 3 is 1.81 bits per heavy atom. The van der Waals surface area contributed by atoms with Crippen LogP contribution in [0, 0.1) is 0 Å². The highest BCUT2D eigenvalue weighted by molar-refractivity contribution is 5.92. The van der Waals surface area contributed by atoms with Crippen LogP contribution in [0.4, 0.5) is 11.4 Å². The first-order chi connectivity index (χ1) is 20.7. The number of carbonyl (C=O) groups is 4. The Morgan fingerprint density at radius 1 is 0.674 bits per heavy atom. The highest BCUT2D eigenvalue weighted by Gasteiger charge is 2.10. The molecule has 0 fully saturated rings. The van der Waals surface area contributed by atoms with Crippen molar-refractivity contribution in [3.05, 3.63) is 89.5 Å². The van der Waals surface area contributed by atoms with E-state index in [0.29, 0.717) is 65.2 Å². The minimum Gasteiger partial charge on any atom is -0.462 e. The Bertz CT molecular complexity index is 1400. The summed E-state index contributed by atoms with van der Waals surface area (Å²) in [6.07, 6.45) is 6.80. The van der Waals surface area contributed by atoms with E-state index in [1.54, 1.807) is 60.7 Å². The number of hydrogen-bond donors (Lipinski definition) is 2. The van der Waals surface area contributed by atoms with E-state index in [4.69, 9.17) is 30.4 Å². The number of nitrogens with two attached hydrogens (primary N) is 2. The van der Waals surface area contributed by atoms with E-state index in [2.05, 4.69) is 0 Å².